The standard InChI is InChI=1S/C8H19O4P.HO3P/c1-2-3-4-5-6-7-8-12-13(9,10)11;1-4(2)3/h2-8H2,1H3,(H2,9,10,11);(H-,1,2,3)/p+1. The summed E-state index contributed by atoms with van der Waals surface area (Å²) in [5.41, 5.74) is 0. The van der Waals surface area contributed by atoms with E-state index in [1.807, 2.05) is 0 Å². The number of phosphoric acid groups is 1. The van der Waals surface area contributed by atoms with Crippen LogP contribution in [0.3, 0.4) is 0 Å². The zero-order valence-corrected chi connectivity index (χ0v) is 11.6. The van der Waals surface area contributed by atoms with Gasteiger partial charge < -0.3 is 9.79 Å². The Kier molecular flexibility index (Phi) is 14.4. The molecule has 0 fully saturated rings. The van der Waals surface area contributed by atoms with Crippen molar-refractivity contribution in [3.8, 4) is 0 Å². The minimum atomic E-state index is -4.23. The van der Waals surface area contributed by atoms with Gasteiger partial charge in [0.1, 0.15) is 0 Å². The lowest BCUT2D eigenvalue weighted by atomic mass is 10.1. The van der Waals surface area contributed by atoms with Crippen LogP contribution in [-0.4, -0.2) is 26.2 Å². The first-order valence-corrected chi connectivity index (χ1v) is 8.04. The molecule has 0 aliphatic carbocycles. The number of unbranched alkanes of at least 4 members (excludes halogenated alkanes) is 5. The van der Waals surface area contributed by atoms with Crippen molar-refractivity contribution in [2.45, 2.75) is 45.4 Å². The molecule has 0 saturated heterocycles. The van der Waals surface area contributed by atoms with E-state index in [1.165, 1.54) is 19.3 Å². The van der Waals surface area contributed by atoms with Gasteiger partial charge in [0.25, 0.3) is 0 Å². The molecule has 0 bridgehead atoms. The minimum Gasteiger partial charge on any atom is -0.303 e. The SMILES string of the molecule is CCCCCCCCOP(=O)(O)O.O=[P+](O)O. The van der Waals surface area contributed by atoms with E-state index in [2.05, 4.69) is 11.4 Å². The van der Waals surface area contributed by atoms with Gasteiger partial charge >= 0.3 is 16.1 Å². The second-order valence-electron chi connectivity index (χ2n) is 3.34. The highest BCUT2D eigenvalue weighted by Gasteiger charge is 2.12. The minimum absolute atomic E-state index is 0.163. The topological polar surface area (TPSA) is 124 Å². The Morgan fingerprint density at radius 1 is 1.06 bits per heavy atom. The van der Waals surface area contributed by atoms with Crippen LogP contribution in [-0.2, 0) is 13.7 Å². The van der Waals surface area contributed by atoms with Crippen LogP contribution in [0.5, 0.6) is 0 Å². The summed E-state index contributed by atoms with van der Waals surface area (Å²) in [4.78, 5) is 30.9. The maximum Gasteiger partial charge on any atom is 0.692 e. The van der Waals surface area contributed by atoms with Gasteiger partial charge in [0.2, 0.25) is 0 Å². The van der Waals surface area contributed by atoms with E-state index in [0.29, 0.717) is 0 Å². The number of hydrogen-bond acceptors (Lipinski definition) is 3. The third kappa shape index (κ3) is 31.4. The van der Waals surface area contributed by atoms with Crippen LogP contribution in [0.2, 0.25) is 0 Å². The monoisotopic (exact) mass is 291 g/mol. The Balaban J connectivity index is 0. The Morgan fingerprint density at radius 3 is 1.88 bits per heavy atom. The van der Waals surface area contributed by atoms with E-state index < -0.39 is 16.1 Å². The molecule has 0 heterocycles. The Bertz CT molecular complexity index is 224. The molecule has 0 aliphatic rings. The summed E-state index contributed by atoms with van der Waals surface area (Å²) < 4.78 is 23.2. The molecule has 104 valence electrons. The van der Waals surface area contributed by atoms with E-state index in [1.54, 1.807) is 0 Å². The van der Waals surface area contributed by atoms with Gasteiger partial charge in [-0.05, 0) is 6.42 Å². The van der Waals surface area contributed by atoms with Crippen molar-refractivity contribution in [3.63, 3.8) is 0 Å². The van der Waals surface area contributed by atoms with E-state index >= 15 is 0 Å². The predicted octanol–water partition coefficient (Wildman–Crippen LogP) is 2.08. The fourth-order valence-electron chi connectivity index (χ4n) is 1.07. The summed E-state index contributed by atoms with van der Waals surface area (Å²) in [5.74, 6) is 0. The van der Waals surface area contributed by atoms with E-state index in [9.17, 15) is 4.57 Å². The fourth-order valence-corrected chi connectivity index (χ4v) is 1.43. The van der Waals surface area contributed by atoms with E-state index in [4.69, 9.17) is 24.1 Å². The van der Waals surface area contributed by atoms with Crippen LogP contribution >= 0.6 is 16.1 Å². The molecule has 7 nitrogen and oxygen atoms in total. The van der Waals surface area contributed by atoms with Gasteiger partial charge in [-0.3, -0.25) is 4.52 Å². The molecular weight excluding hydrogens is 270 g/mol. The lowest BCUT2D eigenvalue weighted by molar-refractivity contribution is 0.193. The number of phosphoric ester groups is 1. The molecular formula is C8H21O7P2+. The van der Waals surface area contributed by atoms with Gasteiger partial charge in [-0.15, -0.1) is 9.79 Å². The molecule has 0 unspecified atom stereocenters. The molecule has 0 aromatic rings. The van der Waals surface area contributed by atoms with Crippen molar-refractivity contribution in [1.82, 2.24) is 0 Å². The van der Waals surface area contributed by atoms with Crippen LogP contribution in [0.15, 0.2) is 0 Å². The van der Waals surface area contributed by atoms with Gasteiger partial charge in [-0.25, -0.2) is 4.57 Å². The van der Waals surface area contributed by atoms with Crippen molar-refractivity contribution in [3.05, 3.63) is 0 Å². The summed E-state index contributed by atoms with van der Waals surface area (Å²) in [7, 11) is -7.10. The van der Waals surface area contributed by atoms with Crippen molar-refractivity contribution in [2.24, 2.45) is 0 Å². The molecule has 0 aliphatic heterocycles. The Hall–Kier alpha value is 0.130. The van der Waals surface area contributed by atoms with Crippen molar-refractivity contribution >= 4 is 16.1 Å². The summed E-state index contributed by atoms with van der Waals surface area (Å²) >= 11 is 0. The first-order chi connectivity index (χ1) is 7.79. The maximum atomic E-state index is 10.2. The molecule has 17 heavy (non-hydrogen) atoms. The van der Waals surface area contributed by atoms with Gasteiger partial charge in [-0.1, -0.05) is 39.0 Å². The van der Waals surface area contributed by atoms with Crippen LogP contribution in [0.1, 0.15) is 45.4 Å². The van der Waals surface area contributed by atoms with Crippen LogP contribution in [0, 0.1) is 0 Å². The largest absolute Gasteiger partial charge is 0.692 e. The zero-order chi connectivity index (χ0) is 13.7. The molecule has 0 aromatic carbocycles. The van der Waals surface area contributed by atoms with Gasteiger partial charge in [0.15, 0.2) is 0 Å². The highest BCUT2D eigenvalue weighted by molar-refractivity contribution is 7.46. The zero-order valence-electron chi connectivity index (χ0n) is 9.86. The molecule has 0 aromatic heterocycles. The van der Waals surface area contributed by atoms with Crippen molar-refractivity contribution in [2.75, 3.05) is 6.61 Å². The highest BCUT2D eigenvalue weighted by atomic mass is 31.2. The van der Waals surface area contributed by atoms with E-state index in [-0.39, 0.29) is 6.61 Å². The lowest BCUT2D eigenvalue weighted by Gasteiger charge is -2.04. The van der Waals surface area contributed by atoms with Crippen LogP contribution in [0.4, 0.5) is 0 Å². The fraction of sp³-hybridized carbons (Fsp3) is 1.00. The normalized spacial score (nSPS) is 10.6. The summed E-state index contributed by atoms with van der Waals surface area (Å²) in [6.45, 7) is 2.31. The van der Waals surface area contributed by atoms with Crippen LogP contribution in [0.25, 0.3) is 0 Å². The smallest absolute Gasteiger partial charge is 0.303 e. The summed E-state index contributed by atoms with van der Waals surface area (Å²) in [6, 6.07) is 0. The highest BCUT2D eigenvalue weighted by Crippen LogP contribution is 2.35. The third-order valence-corrected chi connectivity index (χ3v) is 2.28. The van der Waals surface area contributed by atoms with Crippen molar-refractivity contribution in [1.29, 1.82) is 0 Å². The van der Waals surface area contributed by atoms with Gasteiger partial charge in [0, 0.05) is 4.57 Å². The average Bonchev–Trinajstić information content (AvgIpc) is 2.14. The lowest BCUT2D eigenvalue weighted by Crippen LogP contribution is -1.92. The summed E-state index contributed by atoms with van der Waals surface area (Å²) in [5, 5.41) is 0. The first kappa shape index (κ1) is 19.5. The second kappa shape index (κ2) is 12.6. The van der Waals surface area contributed by atoms with Crippen LogP contribution < -0.4 is 0 Å². The molecule has 9 heteroatoms. The molecule has 4 N–H and O–H groups in total. The maximum absolute atomic E-state index is 10.2. The molecule has 0 amide bonds. The van der Waals surface area contributed by atoms with Gasteiger partial charge in [0.05, 0.1) is 6.61 Å². The quantitative estimate of drug-likeness (QED) is 0.398. The van der Waals surface area contributed by atoms with Gasteiger partial charge in [-0.2, -0.15) is 0 Å². The summed E-state index contributed by atoms with van der Waals surface area (Å²) in [6.07, 6.45) is 6.48. The first-order valence-electron chi connectivity index (χ1n) is 5.34. The molecule has 0 spiro atoms. The molecule has 0 atom stereocenters. The predicted molar refractivity (Wildman–Crippen MR) is 63.4 cm³/mol. The average molecular weight is 291 g/mol. The van der Waals surface area contributed by atoms with Crippen molar-refractivity contribution < 1.29 is 33.2 Å². The number of hydrogen-bond donors (Lipinski definition) is 4. The Morgan fingerprint density at radius 2 is 1.47 bits per heavy atom. The molecule has 0 radical (unpaired) electrons. The molecule has 0 rings (SSSR count). The van der Waals surface area contributed by atoms with E-state index in [0.717, 1.165) is 19.3 Å². The number of rotatable bonds is 8. The second-order valence-corrected chi connectivity index (χ2v) is 5.09. The molecule has 0 saturated carbocycles. The Labute approximate surface area is 102 Å². The third-order valence-electron chi connectivity index (χ3n) is 1.76.